The van der Waals surface area contributed by atoms with Crippen LogP contribution in [-0.4, -0.2) is 9.13 Å². The Morgan fingerprint density at radius 2 is 1.88 bits per heavy atom. The second-order valence-electron chi connectivity index (χ2n) is 4.89. The van der Waals surface area contributed by atoms with Crippen molar-refractivity contribution in [2.24, 2.45) is 20.0 Å². The first-order valence-electron chi connectivity index (χ1n) is 5.89. The second-order valence-corrected chi connectivity index (χ2v) is 5.36. The third kappa shape index (κ3) is 1.61. The topological polar surface area (TPSA) is 26.9 Å². The molecular weight excluding hydrogens is 236 g/mol. The van der Waals surface area contributed by atoms with Crippen molar-refractivity contribution >= 4 is 22.6 Å². The lowest BCUT2D eigenvalue weighted by molar-refractivity contribution is 0.791. The van der Waals surface area contributed by atoms with E-state index in [4.69, 9.17) is 11.6 Å². The van der Waals surface area contributed by atoms with E-state index >= 15 is 0 Å². The highest BCUT2D eigenvalue weighted by atomic mass is 35.5. The summed E-state index contributed by atoms with van der Waals surface area (Å²) in [7, 11) is 3.60. The highest BCUT2D eigenvalue weighted by Crippen LogP contribution is 2.45. The lowest BCUT2D eigenvalue weighted by Gasteiger charge is -2.08. The maximum Gasteiger partial charge on any atom is 0.328 e. The van der Waals surface area contributed by atoms with E-state index in [2.05, 4.69) is 0 Å². The Balaban J connectivity index is 2.18. The molecule has 90 valence electrons. The average Bonchev–Trinajstić information content (AvgIpc) is 3.15. The van der Waals surface area contributed by atoms with E-state index < -0.39 is 0 Å². The van der Waals surface area contributed by atoms with Crippen molar-refractivity contribution in [3.8, 4) is 0 Å². The van der Waals surface area contributed by atoms with Crippen LogP contribution in [0.3, 0.4) is 0 Å². The molecule has 1 aromatic heterocycles. The minimum absolute atomic E-state index is 0.00898. The summed E-state index contributed by atoms with van der Waals surface area (Å²) in [4.78, 5) is 11.8. The number of benzene rings is 1. The smallest absolute Gasteiger partial charge is 0.295 e. The Kier molecular flexibility index (Phi) is 2.33. The van der Waals surface area contributed by atoms with E-state index in [0.717, 1.165) is 16.6 Å². The lowest BCUT2D eigenvalue weighted by atomic mass is 10.1. The highest BCUT2D eigenvalue weighted by molar-refractivity contribution is 6.21. The molecule has 0 radical (unpaired) electrons. The molecule has 1 aliphatic carbocycles. The third-order valence-corrected chi connectivity index (χ3v) is 4.26. The number of nitrogens with zero attached hydrogens (tertiary/aromatic N) is 2. The molecule has 0 aliphatic heterocycles. The zero-order valence-electron chi connectivity index (χ0n) is 9.98. The third-order valence-electron chi connectivity index (χ3n) is 3.65. The molecule has 2 aromatic rings. The van der Waals surface area contributed by atoms with E-state index in [0.29, 0.717) is 5.92 Å². The summed E-state index contributed by atoms with van der Waals surface area (Å²) in [5.41, 5.74) is 3.06. The number of hydrogen-bond donors (Lipinski definition) is 0. The maximum absolute atomic E-state index is 11.8. The monoisotopic (exact) mass is 250 g/mol. The van der Waals surface area contributed by atoms with E-state index in [1.54, 1.807) is 23.2 Å². The summed E-state index contributed by atoms with van der Waals surface area (Å²) in [5, 5.41) is 0.0923. The molecule has 0 N–H and O–H groups in total. The molecule has 1 fully saturated rings. The van der Waals surface area contributed by atoms with Gasteiger partial charge in [-0.1, -0.05) is 6.07 Å². The number of rotatable bonds is 2. The molecule has 3 rings (SSSR count). The van der Waals surface area contributed by atoms with Gasteiger partial charge in [-0.2, -0.15) is 0 Å². The Bertz CT molecular complexity index is 637. The Morgan fingerprint density at radius 3 is 2.53 bits per heavy atom. The summed E-state index contributed by atoms with van der Waals surface area (Å²) in [5.74, 6) is 0.620. The fraction of sp³-hybridized carbons (Fsp3) is 0.462. The van der Waals surface area contributed by atoms with E-state index in [1.165, 1.54) is 12.8 Å². The lowest BCUT2D eigenvalue weighted by Crippen LogP contribution is -2.19. The zero-order chi connectivity index (χ0) is 12.2. The predicted molar refractivity (Wildman–Crippen MR) is 69.5 cm³/mol. The van der Waals surface area contributed by atoms with Crippen LogP contribution in [0.25, 0.3) is 11.0 Å². The Morgan fingerprint density at radius 1 is 1.24 bits per heavy atom. The molecule has 1 atom stereocenters. The SMILES string of the molecule is Cn1c(=O)n(C)c2cc(C(Cl)C3CC3)ccc21. The molecule has 0 bridgehead atoms. The van der Waals surface area contributed by atoms with Crippen LogP contribution in [0.1, 0.15) is 23.8 Å². The van der Waals surface area contributed by atoms with Gasteiger partial charge in [-0.25, -0.2) is 4.79 Å². The number of alkyl halides is 1. The quantitative estimate of drug-likeness (QED) is 0.753. The molecule has 1 aliphatic rings. The van der Waals surface area contributed by atoms with E-state index in [-0.39, 0.29) is 11.1 Å². The predicted octanol–water partition coefficient (Wildman–Crippen LogP) is 2.57. The molecule has 0 saturated heterocycles. The van der Waals surface area contributed by atoms with Crippen LogP contribution >= 0.6 is 11.6 Å². The van der Waals surface area contributed by atoms with Gasteiger partial charge in [0.05, 0.1) is 16.4 Å². The van der Waals surface area contributed by atoms with E-state index in [9.17, 15) is 4.79 Å². The van der Waals surface area contributed by atoms with Crippen molar-refractivity contribution in [1.82, 2.24) is 9.13 Å². The van der Waals surface area contributed by atoms with Crippen molar-refractivity contribution < 1.29 is 0 Å². The van der Waals surface area contributed by atoms with Gasteiger partial charge >= 0.3 is 5.69 Å². The highest BCUT2D eigenvalue weighted by Gasteiger charge is 2.31. The van der Waals surface area contributed by atoms with Crippen LogP contribution in [0.2, 0.25) is 0 Å². The van der Waals surface area contributed by atoms with Crippen molar-refractivity contribution in [2.45, 2.75) is 18.2 Å². The van der Waals surface area contributed by atoms with Crippen LogP contribution in [0.15, 0.2) is 23.0 Å². The zero-order valence-corrected chi connectivity index (χ0v) is 10.7. The van der Waals surface area contributed by atoms with E-state index in [1.807, 2.05) is 18.2 Å². The summed E-state index contributed by atoms with van der Waals surface area (Å²) < 4.78 is 3.34. The summed E-state index contributed by atoms with van der Waals surface area (Å²) in [6.07, 6.45) is 2.44. The van der Waals surface area contributed by atoms with Gasteiger partial charge in [0.1, 0.15) is 0 Å². The van der Waals surface area contributed by atoms with Crippen LogP contribution in [-0.2, 0) is 14.1 Å². The van der Waals surface area contributed by atoms with Gasteiger partial charge in [-0.3, -0.25) is 9.13 Å². The average molecular weight is 251 g/mol. The van der Waals surface area contributed by atoms with Crippen molar-refractivity contribution in [2.75, 3.05) is 0 Å². The fourth-order valence-electron chi connectivity index (χ4n) is 2.36. The molecular formula is C13H15ClN2O. The van der Waals surface area contributed by atoms with Gasteiger partial charge in [0.2, 0.25) is 0 Å². The maximum atomic E-state index is 11.8. The number of imidazole rings is 1. The van der Waals surface area contributed by atoms with Gasteiger partial charge < -0.3 is 0 Å². The molecule has 4 heteroatoms. The van der Waals surface area contributed by atoms with Gasteiger partial charge in [-0.15, -0.1) is 11.6 Å². The van der Waals surface area contributed by atoms with Gasteiger partial charge in [-0.05, 0) is 36.5 Å². The number of halogens is 1. The van der Waals surface area contributed by atoms with Crippen molar-refractivity contribution in [3.05, 3.63) is 34.2 Å². The molecule has 0 spiro atoms. The summed E-state index contributed by atoms with van der Waals surface area (Å²) in [6.45, 7) is 0. The summed E-state index contributed by atoms with van der Waals surface area (Å²) >= 11 is 6.41. The van der Waals surface area contributed by atoms with Crippen molar-refractivity contribution in [3.63, 3.8) is 0 Å². The Hall–Kier alpha value is -1.22. The van der Waals surface area contributed by atoms with Crippen LogP contribution in [0.4, 0.5) is 0 Å². The fourth-order valence-corrected chi connectivity index (χ4v) is 2.74. The molecule has 0 amide bonds. The van der Waals surface area contributed by atoms with Crippen LogP contribution < -0.4 is 5.69 Å². The summed E-state index contributed by atoms with van der Waals surface area (Å²) in [6, 6.07) is 6.08. The molecule has 1 heterocycles. The van der Waals surface area contributed by atoms with Crippen LogP contribution in [0.5, 0.6) is 0 Å². The number of aryl methyl sites for hydroxylation is 2. The largest absolute Gasteiger partial charge is 0.328 e. The minimum Gasteiger partial charge on any atom is -0.295 e. The first-order valence-corrected chi connectivity index (χ1v) is 6.32. The minimum atomic E-state index is 0.00898. The second kappa shape index (κ2) is 3.64. The van der Waals surface area contributed by atoms with Gasteiger partial charge in [0.25, 0.3) is 0 Å². The molecule has 17 heavy (non-hydrogen) atoms. The molecule has 1 aromatic carbocycles. The number of fused-ring (bicyclic) bond motifs is 1. The molecule has 1 unspecified atom stereocenters. The van der Waals surface area contributed by atoms with Gasteiger partial charge in [0.15, 0.2) is 0 Å². The standard InChI is InChI=1S/C13H15ClN2O/c1-15-10-6-5-9(12(14)8-3-4-8)7-11(10)16(2)13(15)17/h5-8,12H,3-4H2,1-2H3. The number of hydrogen-bond acceptors (Lipinski definition) is 1. The molecule has 3 nitrogen and oxygen atoms in total. The normalized spacial score (nSPS) is 17.6. The first-order chi connectivity index (χ1) is 8.09. The Labute approximate surface area is 105 Å². The van der Waals surface area contributed by atoms with Crippen molar-refractivity contribution in [1.29, 1.82) is 0 Å². The first kappa shape index (κ1) is 10.9. The van der Waals surface area contributed by atoms with Crippen LogP contribution in [0, 0.1) is 5.92 Å². The molecule has 1 saturated carbocycles. The van der Waals surface area contributed by atoms with Gasteiger partial charge in [0, 0.05) is 14.1 Å². The number of aromatic nitrogens is 2.